The lowest BCUT2D eigenvalue weighted by Crippen LogP contribution is -2.47. The van der Waals surface area contributed by atoms with Crippen LogP contribution in [0.5, 0.6) is 0 Å². The number of nitrogens with zero attached hydrogens (tertiary/aromatic N) is 1. The van der Waals surface area contributed by atoms with E-state index in [2.05, 4.69) is 32.3 Å². The van der Waals surface area contributed by atoms with E-state index >= 15 is 0 Å². The van der Waals surface area contributed by atoms with Crippen molar-refractivity contribution in [2.24, 2.45) is 0 Å². The standard InChI is InChI=1S/C21H43NSi/c1-5-23(6-2,19-21(3)4)20-22-17-15-13-11-9-7-8-10-12-14-16-18-22/h3,5-20H2,1-2,4H3. The first kappa shape index (κ1) is 21.0. The van der Waals surface area contributed by atoms with Crippen molar-refractivity contribution in [1.82, 2.24) is 4.90 Å². The van der Waals surface area contributed by atoms with Gasteiger partial charge in [0.15, 0.2) is 0 Å². The van der Waals surface area contributed by atoms with E-state index in [0.717, 1.165) is 0 Å². The van der Waals surface area contributed by atoms with Gasteiger partial charge < -0.3 is 4.90 Å². The summed E-state index contributed by atoms with van der Waals surface area (Å²) in [5.74, 6) is 0. The van der Waals surface area contributed by atoms with E-state index in [1.807, 2.05) is 0 Å². The summed E-state index contributed by atoms with van der Waals surface area (Å²) < 4.78 is 0. The van der Waals surface area contributed by atoms with Crippen LogP contribution in [-0.4, -0.2) is 32.2 Å². The summed E-state index contributed by atoms with van der Waals surface area (Å²) in [6, 6.07) is 4.19. The molecule has 0 spiro atoms. The average Bonchev–Trinajstić information content (AvgIpc) is 2.56. The molecular weight excluding hydrogens is 294 g/mol. The van der Waals surface area contributed by atoms with E-state index in [4.69, 9.17) is 0 Å². The fraction of sp³-hybridized carbons (Fsp3) is 0.905. The zero-order valence-electron chi connectivity index (χ0n) is 16.5. The molecule has 1 saturated heterocycles. The molecule has 0 radical (unpaired) electrons. The topological polar surface area (TPSA) is 3.24 Å². The van der Waals surface area contributed by atoms with Gasteiger partial charge in [0.2, 0.25) is 0 Å². The molecule has 1 rings (SSSR count). The van der Waals surface area contributed by atoms with Crippen molar-refractivity contribution in [2.75, 3.05) is 19.3 Å². The van der Waals surface area contributed by atoms with E-state index in [-0.39, 0.29) is 0 Å². The Morgan fingerprint density at radius 3 is 1.52 bits per heavy atom. The summed E-state index contributed by atoms with van der Waals surface area (Å²) in [6.45, 7) is 14.1. The SMILES string of the molecule is C=C(C)C[Si](CC)(CC)CN1CCCCCCCCCCCC1. The number of hydrogen-bond acceptors (Lipinski definition) is 1. The van der Waals surface area contributed by atoms with E-state index in [9.17, 15) is 0 Å². The fourth-order valence-corrected chi connectivity index (χ4v) is 8.35. The number of hydrogen-bond donors (Lipinski definition) is 0. The highest BCUT2D eigenvalue weighted by Gasteiger charge is 2.31. The molecule has 1 heterocycles. The average molecular weight is 338 g/mol. The Hall–Kier alpha value is -0.0831. The molecule has 0 aliphatic carbocycles. The molecule has 0 atom stereocenters. The molecule has 1 fully saturated rings. The van der Waals surface area contributed by atoms with Gasteiger partial charge in [-0.1, -0.05) is 82.9 Å². The zero-order chi connectivity index (χ0) is 17.0. The molecule has 0 bridgehead atoms. The summed E-state index contributed by atoms with van der Waals surface area (Å²) in [6.07, 6.45) is 16.0. The molecule has 1 aliphatic heterocycles. The minimum Gasteiger partial charge on any atom is -0.306 e. The Morgan fingerprint density at radius 1 is 0.783 bits per heavy atom. The third-order valence-corrected chi connectivity index (χ3v) is 11.4. The van der Waals surface area contributed by atoms with Crippen molar-refractivity contribution in [2.45, 2.75) is 103 Å². The molecule has 0 unspecified atom stereocenters. The summed E-state index contributed by atoms with van der Waals surface area (Å²) in [4.78, 5) is 2.86. The maximum atomic E-state index is 4.24. The van der Waals surface area contributed by atoms with Crippen molar-refractivity contribution in [1.29, 1.82) is 0 Å². The maximum Gasteiger partial charge on any atom is 0.0724 e. The van der Waals surface area contributed by atoms with Gasteiger partial charge in [0.25, 0.3) is 0 Å². The second-order valence-corrected chi connectivity index (χ2v) is 13.2. The van der Waals surface area contributed by atoms with Gasteiger partial charge in [0.05, 0.1) is 8.07 Å². The van der Waals surface area contributed by atoms with Crippen molar-refractivity contribution in [3.05, 3.63) is 12.2 Å². The van der Waals surface area contributed by atoms with Crippen LogP contribution in [-0.2, 0) is 0 Å². The van der Waals surface area contributed by atoms with Crippen LogP contribution in [0.2, 0.25) is 18.1 Å². The van der Waals surface area contributed by atoms with Gasteiger partial charge in [-0.2, -0.15) is 0 Å². The van der Waals surface area contributed by atoms with Crippen molar-refractivity contribution in [3.8, 4) is 0 Å². The predicted molar refractivity (Wildman–Crippen MR) is 109 cm³/mol. The highest BCUT2D eigenvalue weighted by molar-refractivity contribution is 6.80. The number of rotatable bonds is 6. The molecule has 0 aromatic carbocycles. The van der Waals surface area contributed by atoms with Gasteiger partial charge in [0, 0.05) is 0 Å². The van der Waals surface area contributed by atoms with Gasteiger partial charge >= 0.3 is 0 Å². The van der Waals surface area contributed by atoms with E-state index in [1.54, 1.807) is 0 Å². The van der Waals surface area contributed by atoms with Crippen molar-refractivity contribution < 1.29 is 0 Å². The first-order chi connectivity index (χ1) is 11.1. The van der Waals surface area contributed by atoms with Crippen LogP contribution in [0.3, 0.4) is 0 Å². The van der Waals surface area contributed by atoms with Gasteiger partial charge in [-0.3, -0.25) is 0 Å². The van der Waals surface area contributed by atoms with E-state index < -0.39 is 8.07 Å². The van der Waals surface area contributed by atoms with E-state index in [1.165, 1.54) is 107 Å². The summed E-state index contributed by atoms with van der Waals surface area (Å²) in [7, 11) is -1.17. The Balaban J connectivity index is 2.60. The van der Waals surface area contributed by atoms with Crippen LogP contribution in [0.1, 0.15) is 85.0 Å². The smallest absolute Gasteiger partial charge is 0.0724 e. The second-order valence-electron chi connectivity index (χ2n) is 8.15. The lowest BCUT2D eigenvalue weighted by atomic mass is 10.1. The van der Waals surface area contributed by atoms with Gasteiger partial charge in [-0.25, -0.2) is 0 Å². The summed E-state index contributed by atoms with van der Waals surface area (Å²) in [5.41, 5.74) is 1.42. The molecule has 2 heteroatoms. The van der Waals surface area contributed by atoms with Crippen molar-refractivity contribution in [3.63, 3.8) is 0 Å². The Morgan fingerprint density at radius 2 is 1.17 bits per heavy atom. The maximum absolute atomic E-state index is 4.24. The largest absolute Gasteiger partial charge is 0.306 e. The number of allylic oxidation sites excluding steroid dienone is 1. The van der Waals surface area contributed by atoms with Crippen LogP contribution in [0.4, 0.5) is 0 Å². The zero-order valence-corrected chi connectivity index (χ0v) is 17.5. The Kier molecular flexibility index (Phi) is 11.2. The molecule has 0 aromatic rings. The lowest BCUT2D eigenvalue weighted by molar-refractivity contribution is 0.294. The van der Waals surface area contributed by atoms with Crippen LogP contribution in [0, 0.1) is 0 Å². The van der Waals surface area contributed by atoms with Gasteiger partial charge in [0.1, 0.15) is 0 Å². The highest BCUT2D eigenvalue weighted by atomic mass is 28.3. The molecule has 0 saturated carbocycles. The van der Waals surface area contributed by atoms with Crippen LogP contribution in [0.25, 0.3) is 0 Å². The van der Waals surface area contributed by atoms with Gasteiger partial charge in [-0.05, 0) is 45.1 Å². The van der Waals surface area contributed by atoms with Crippen LogP contribution in [0.15, 0.2) is 12.2 Å². The highest BCUT2D eigenvalue weighted by Crippen LogP contribution is 2.26. The summed E-state index contributed by atoms with van der Waals surface area (Å²) >= 11 is 0. The molecule has 1 nitrogen and oxygen atoms in total. The molecule has 136 valence electrons. The predicted octanol–water partition coefficient (Wildman–Crippen LogP) is 6.81. The van der Waals surface area contributed by atoms with Gasteiger partial charge in [-0.15, -0.1) is 6.58 Å². The van der Waals surface area contributed by atoms with Crippen molar-refractivity contribution >= 4 is 8.07 Å². The molecule has 0 aromatic heterocycles. The molecular formula is C21H43NSi. The van der Waals surface area contributed by atoms with Crippen LogP contribution < -0.4 is 0 Å². The molecule has 0 N–H and O–H groups in total. The minimum atomic E-state index is -1.17. The minimum absolute atomic E-state index is 1.17. The fourth-order valence-electron chi connectivity index (χ4n) is 4.25. The van der Waals surface area contributed by atoms with E-state index in [0.29, 0.717) is 0 Å². The molecule has 1 aliphatic rings. The third-order valence-electron chi connectivity index (χ3n) is 5.93. The van der Waals surface area contributed by atoms with Crippen LogP contribution >= 0.6 is 0 Å². The summed E-state index contributed by atoms with van der Waals surface area (Å²) in [5, 5.41) is 0. The quantitative estimate of drug-likeness (QED) is 0.380. The first-order valence-corrected chi connectivity index (χ1v) is 13.3. The first-order valence-electron chi connectivity index (χ1n) is 10.5. The Bertz CT molecular complexity index is 295. The third kappa shape index (κ3) is 9.10. The monoisotopic (exact) mass is 337 g/mol. The normalized spacial score (nSPS) is 20.3. The Labute approximate surface area is 147 Å². The second kappa shape index (κ2) is 12.3. The lowest BCUT2D eigenvalue weighted by Gasteiger charge is -2.36. The molecule has 0 amide bonds. The molecule has 23 heavy (non-hydrogen) atoms.